The van der Waals surface area contributed by atoms with Crippen molar-refractivity contribution >= 4 is 68.8 Å². The number of aliphatic hydroxyl groups is 2. The van der Waals surface area contributed by atoms with Gasteiger partial charge in [0.25, 0.3) is 0 Å². The van der Waals surface area contributed by atoms with Gasteiger partial charge in [0.1, 0.15) is 24.0 Å². The molecule has 0 saturated carbocycles. The highest BCUT2D eigenvalue weighted by atomic mass is 32.2. The Morgan fingerprint density at radius 2 is 1.07 bits per heavy atom. The molecule has 0 unspecified atom stereocenters. The van der Waals surface area contributed by atoms with Gasteiger partial charge in [-0.3, -0.25) is 29.4 Å². The van der Waals surface area contributed by atoms with Gasteiger partial charge >= 0.3 is 0 Å². The number of β-amino-alcohol motifs (C(OH)–C–C–N with tert-alkyl or cyclic N) is 2. The van der Waals surface area contributed by atoms with Crippen LogP contribution in [0.4, 0.5) is 20.4 Å². The molecule has 2 aromatic carbocycles. The van der Waals surface area contributed by atoms with E-state index >= 15 is 8.78 Å². The third kappa shape index (κ3) is 11.6. The second-order valence-corrected chi connectivity index (χ2v) is 19.9. The third-order valence-corrected chi connectivity index (χ3v) is 14.9. The molecule has 356 valence electrons. The molecule has 6 aromatic rings. The molecule has 4 aromatic heterocycles. The zero-order valence-corrected chi connectivity index (χ0v) is 39.6. The quantitative estimate of drug-likeness (QED) is 0.0790. The summed E-state index contributed by atoms with van der Waals surface area (Å²) in [5, 5.41) is 36.0. The number of aliphatic hydroxyl groups excluding tert-OH is 2. The largest absolute Gasteiger partial charge is 0.387 e. The van der Waals surface area contributed by atoms with Gasteiger partial charge in [0.2, 0.25) is 11.8 Å². The predicted octanol–water partition coefficient (Wildman–Crippen LogP) is 6.44. The summed E-state index contributed by atoms with van der Waals surface area (Å²) in [6.45, 7) is 7.37. The van der Waals surface area contributed by atoms with Crippen molar-refractivity contribution in [3.8, 4) is 0 Å². The number of aryl methyl sites for hydroxylation is 2. The van der Waals surface area contributed by atoms with Crippen LogP contribution in [-0.2, 0) is 22.7 Å². The topological polar surface area (TPSA) is 181 Å². The fourth-order valence-corrected chi connectivity index (χ4v) is 10.7. The number of nitrogens with zero attached hydrogens (tertiary/aromatic N) is 6. The number of benzene rings is 2. The van der Waals surface area contributed by atoms with Gasteiger partial charge in [-0.1, -0.05) is 48.5 Å². The highest BCUT2D eigenvalue weighted by Crippen LogP contribution is 2.32. The van der Waals surface area contributed by atoms with Gasteiger partial charge in [0.05, 0.1) is 55.9 Å². The third-order valence-electron chi connectivity index (χ3n) is 12.8. The molecule has 10 rings (SSSR count). The smallest absolute Gasteiger partial charge is 0.235 e. The zero-order chi connectivity index (χ0) is 47.3. The number of para-hydroxylation sites is 2. The summed E-state index contributed by atoms with van der Waals surface area (Å²) in [4.78, 5) is 47.3. The van der Waals surface area contributed by atoms with Crippen LogP contribution in [0.3, 0.4) is 0 Å². The van der Waals surface area contributed by atoms with Crippen LogP contribution in [0.1, 0.15) is 59.0 Å². The van der Waals surface area contributed by atoms with Gasteiger partial charge in [-0.05, 0) is 76.2 Å². The summed E-state index contributed by atoms with van der Waals surface area (Å²) in [6, 6.07) is 26.7. The molecule has 18 heteroatoms. The highest BCUT2D eigenvalue weighted by molar-refractivity contribution is 8.00. The van der Waals surface area contributed by atoms with Gasteiger partial charge in [0.15, 0.2) is 0 Å². The number of hydrogen-bond donors (Lipinski definition) is 6. The number of thioether (sulfide) groups is 2. The number of halogens is 2. The van der Waals surface area contributed by atoms with Crippen LogP contribution in [-0.4, -0.2) is 127 Å². The van der Waals surface area contributed by atoms with Crippen LogP contribution in [0.25, 0.3) is 21.8 Å². The van der Waals surface area contributed by atoms with E-state index in [1.807, 2.05) is 109 Å². The van der Waals surface area contributed by atoms with Crippen molar-refractivity contribution in [3.05, 3.63) is 119 Å². The number of anilines is 2. The predicted molar refractivity (Wildman–Crippen MR) is 263 cm³/mol. The molecular weight excluding hydrogens is 907 g/mol. The first kappa shape index (κ1) is 47.9. The highest BCUT2D eigenvalue weighted by Gasteiger charge is 2.32. The standard InChI is InChI=1S/2C25H28FN5O2S/c2*1-15-5-6-16-3-2-4-18(24(16)28-15)21(32)13-31-10-9-20(19(26)12-31)27-11-17-7-8-22-25(29-17)30-23(33)14-34-22/h2*2-8,19-21,27,32H,9-14H2,1H3,(H,29,30,33)/t19-,20+,21+;19-,20+,21-/m10/s1. The number of likely N-dealkylation sites (tertiary alicyclic amines) is 2. The maximum Gasteiger partial charge on any atom is 0.235 e. The van der Waals surface area contributed by atoms with Gasteiger partial charge in [-0.2, -0.15) is 0 Å². The first-order chi connectivity index (χ1) is 32.9. The van der Waals surface area contributed by atoms with E-state index in [4.69, 9.17) is 0 Å². The Morgan fingerprint density at radius 3 is 1.50 bits per heavy atom. The zero-order valence-electron chi connectivity index (χ0n) is 38.0. The number of fused-ring (bicyclic) bond motifs is 4. The second kappa shape index (κ2) is 21.6. The molecule has 0 radical (unpaired) electrons. The number of rotatable bonds is 12. The minimum absolute atomic E-state index is 0.0529. The summed E-state index contributed by atoms with van der Waals surface area (Å²) in [5.74, 6) is 1.86. The molecule has 4 aliphatic rings. The minimum Gasteiger partial charge on any atom is -0.387 e. The number of carbonyl (C=O) groups is 2. The fourth-order valence-electron chi connectivity index (χ4n) is 9.16. The van der Waals surface area contributed by atoms with E-state index < -0.39 is 24.6 Å². The molecule has 0 aliphatic carbocycles. The van der Waals surface area contributed by atoms with Crippen LogP contribution in [0.15, 0.2) is 94.7 Å². The summed E-state index contributed by atoms with van der Waals surface area (Å²) in [7, 11) is 0. The molecule has 6 N–H and O–H groups in total. The van der Waals surface area contributed by atoms with Crippen LogP contribution in [0.2, 0.25) is 0 Å². The molecule has 2 saturated heterocycles. The Kier molecular flexibility index (Phi) is 15.2. The van der Waals surface area contributed by atoms with Gasteiger partial charge < -0.3 is 31.5 Å². The lowest BCUT2D eigenvalue weighted by molar-refractivity contribution is -0.114. The lowest BCUT2D eigenvalue weighted by Crippen LogP contribution is -2.51. The van der Waals surface area contributed by atoms with E-state index in [1.54, 1.807) is 0 Å². The Labute approximate surface area is 402 Å². The molecule has 2 amide bonds. The molecule has 6 atom stereocenters. The monoisotopic (exact) mass is 962 g/mol. The summed E-state index contributed by atoms with van der Waals surface area (Å²) in [6.07, 6.45) is -2.30. The number of hydrogen-bond acceptors (Lipinski definition) is 14. The SMILES string of the molecule is Cc1ccc2cccc([C@@H](O)CN3CC[C@@H](NCc4ccc5c(n4)NC(=O)CS5)[C@@H](F)C3)c2n1.Cc1ccc2cccc([C@@H](O)CN3CC[C@H](NCc4ccc5c(n4)NC(=O)CS5)[C@H](F)C3)c2n1. The van der Waals surface area contributed by atoms with Crippen molar-refractivity contribution in [1.29, 1.82) is 0 Å². The average Bonchev–Trinajstić information content (AvgIpc) is 3.33. The summed E-state index contributed by atoms with van der Waals surface area (Å²) in [5.41, 5.74) is 6.50. The number of alkyl halides is 2. The number of piperidine rings is 2. The Hall–Kier alpha value is -5.18. The van der Waals surface area contributed by atoms with Gasteiger partial charge in [0, 0.05) is 84.6 Å². The lowest BCUT2D eigenvalue weighted by atomic mass is 10.00. The van der Waals surface area contributed by atoms with Crippen LogP contribution < -0.4 is 21.3 Å². The van der Waals surface area contributed by atoms with Gasteiger partial charge in [-0.25, -0.2) is 18.7 Å². The fraction of sp³-hybridized carbons (Fsp3) is 0.400. The van der Waals surface area contributed by atoms with E-state index in [1.165, 1.54) is 23.5 Å². The summed E-state index contributed by atoms with van der Waals surface area (Å²) >= 11 is 2.94. The maximum absolute atomic E-state index is 15.0. The van der Waals surface area contributed by atoms with Crippen molar-refractivity contribution < 1.29 is 28.6 Å². The van der Waals surface area contributed by atoms with Crippen LogP contribution in [0, 0.1) is 13.8 Å². The van der Waals surface area contributed by atoms with Crippen LogP contribution >= 0.6 is 23.5 Å². The molecule has 8 heterocycles. The van der Waals surface area contributed by atoms with Crippen molar-refractivity contribution in [3.63, 3.8) is 0 Å². The summed E-state index contributed by atoms with van der Waals surface area (Å²) < 4.78 is 30.0. The molecule has 68 heavy (non-hydrogen) atoms. The molecule has 0 bridgehead atoms. The Balaban J connectivity index is 0.000000170. The molecule has 4 aliphatic heterocycles. The van der Waals surface area contributed by atoms with Crippen molar-refractivity contribution in [2.45, 2.75) is 86.2 Å². The molecule has 0 spiro atoms. The Bertz CT molecular complexity index is 2610. The maximum atomic E-state index is 15.0. The molecular formula is C50H56F2N10O4S2. The van der Waals surface area contributed by atoms with E-state index in [-0.39, 0.29) is 37.0 Å². The number of aromatic nitrogens is 4. The van der Waals surface area contributed by atoms with Gasteiger partial charge in [-0.15, -0.1) is 23.5 Å². The first-order valence-corrected chi connectivity index (χ1v) is 25.0. The number of amides is 2. The lowest BCUT2D eigenvalue weighted by Gasteiger charge is -2.36. The van der Waals surface area contributed by atoms with E-state index in [9.17, 15) is 19.8 Å². The van der Waals surface area contributed by atoms with E-state index in [0.717, 1.165) is 65.5 Å². The second-order valence-electron chi connectivity index (χ2n) is 17.9. The van der Waals surface area contributed by atoms with Crippen LogP contribution in [0.5, 0.6) is 0 Å². The number of nitrogens with one attached hydrogen (secondary N) is 4. The molecule has 14 nitrogen and oxygen atoms in total. The first-order valence-electron chi connectivity index (χ1n) is 23.1. The Morgan fingerprint density at radius 1 is 0.632 bits per heavy atom. The number of carbonyl (C=O) groups excluding carboxylic acids is 2. The van der Waals surface area contributed by atoms with E-state index in [0.29, 0.717) is 75.3 Å². The van der Waals surface area contributed by atoms with Crippen molar-refractivity contribution in [1.82, 2.24) is 40.4 Å². The normalized spacial score (nSPS) is 21.8. The van der Waals surface area contributed by atoms with Crippen molar-refractivity contribution in [2.75, 3.05) is 61.4 Å². The van der Waals surface area contributed by atoms with E-state index in [2.05, 4.69) is 41.2 Å². The minimum atomic E-state index is -1.05. The molecule has 2 fully saturated rings. The average molecular weight is 963 g/mol. The number of pyridine rings is 4. The van der Waals surface area contributed by atoms with Crippen molar-refractivity contribution in [2.24, 2.45) is 0 Å².